The van der Waals surface area contributed by atoms with Crippen molar-refractivity contribution in [1.29, 1.82) is 0 Å². The largest absolute Gasteiger partial charge is 0.352 e. The maximum atomic E-state index is 12.7. The second kappa shape index (κ2) is 7.82. The van der Waals surface area contributed by atoms with Crippen LogP contribution in [-0.4, -0.2) is 18.5 Å². The van der Waals surface area contributed by atoms with Gasteiger partial charge in [0.2, 0.25) is 5.91 Å². The first-order chi connectivity index (χ1) is 8.65. The quantitative estimate of drug-likeness (QED) is 0.780. The minimum atomic E-state index is -0.290. The number of nitrogens with one attached hydrogen (secondary N) is 1. The Hall–Kier alpha value is -1.42. The van der Waals surface area contributed by atoms with Crippen molar-refractivity contribution in [2.45, 2.75) is 38.6 Å². The predicted molar refractivity (Wildman–Crippen MR) is 70.6 cm³/mol. The summed E-state index contributed by atoms with van der Waals surface area (Å²) < 4.78 is 12.7. The predicted octanol–water partition coefficient (Wildman–Crippen LogP) is 2.00. The molecule has 0 aliphatic carbocycles. The Labute approximate surface area is 108 Å². The minimum Gasteiger partial charge on any atom is -0.352 e. The highest BCUT2D eigenvalue weighted by Gasteiger charge is 2.10. The average molecular weight is 252 g/mol. The van der Waals surface area contributed by atoms with Gasteiger partial charge in [-0.15, -0.1) is 0 Å². The van der Waals surface area contributed by atoms with Gasteiger partial charge in [0.25, 0.3) is 0 Å². The number of rotatable bonds is 7. The number of nitrogens with two attached hydrogens (primary N) is 1. The lowest BCUT2D eigenvalue weighted by atomic mass is 10.1. The molecule has 0 bridgehead atoms. The number of amides is 1. The van der Waals surface area contributed by atoms with Crippen molar-refractivity contribution in [1.82, 2.24) is 5.32 Å². The molecule has 0 aromatic heterocycles. The molecule has 1 unspecified atom stereocenters. The fourth-order valence-electron chi connectivity index (χ4n) is 1.77. The second-order valence-corrected chi connectivity index (χ2v) is 4.45. The molecule has 0 radical (unpaired) electrons. The SMILES string of the molecule is CCCCC(CN)NC(=O)Cc1ccc(F)cc1. The Kier molecular flexibility index (Phi) is 6.36. The van der Waals surface area contributed by atoms with Gasteiger partial charge in [-0.25, -0.2) is 4.39 Å². The van der Waals surface area contributed by atoms with Crippen LogP contribution in [0, 0.1) is 5.82 Å². The van der Waals surface area contributed by atoms with Gasteiger partial charge >= 0.3 is 0 Å². The standard InChI is InChI=1S/C14H21FN2O/c1-2-3-4-13(10-16)17-14(18)9-11-5-7-12(15)8-6-11/h5-8,13H,2-4,9-10,16H2,1H3,(H,17,18). The molecule has 1 aromatic carbocycles. The zero-order valence-corrected chi connectivity index (χ0v) is 10.8. The van der Waals surface area contributed by atoms with E-state index in [1.807, 2.05) is 0 Å². The summed E-state index contributed by atoms with van der Waals surface area (Å²) in [6.07, 6.45) is 3.31. The fraction of sp³-hybridized carbons (Fsp3) is 0.500. The Bertz CT molecular complexity index is 365. The number of unbranched alkanes of at least 4 members (excludes halogenated alkanes) is 1. The molecule has 4 heteroatoms. The summed E-state index contributed by atoms with van der Waals surface area (Å²) in [5.74, 6) is -0.352. The van der Waals surface area contributed by atoms with E-state index in [-0.39, 0.29) is 24.2 Å². The molecular weight excluding hydrogens is 231 g/mol. The van der Waals surface area contributed by atoms with Crippen LogP contribution >= 0.6 is 0 Å². The smallest absolute Gasteiger partial charge is 0.224 e. The van der Waals surface area contributed by atoms with E-state index in [1.54, 1.807) is 12.1 Å². The number of carbonyl (C=O) groups is 1. The molecule has 1 aromatic rings. The molecular formula is C14H21FN2O. The summed E-state index contributed by atoms with van der Waals surface area (Å²) in [5, 5.41) is 2.91. The molecule has 3 nitrogen and oxygen atoms in total. The molecule has 1 rings (SSSR count). The van der Waals surface area contributed by atoms with Crippen molar-refractivity contribution in [3.8, 4) is 0 Å². The molecule has 0 aliphatic heterocycles. The molecule has 0 heterocycles. The molecule has 1 amide bonds. The summed E-state index contributed by atoms with van der Waals surface area (Å²) in [6.45, 7) is 2.56. The average Bonchev–Trinajstić information content (AvgIpc) is 2.37. The van der Waals surface area contributed by atoms with Crippen molar-refractivity contribution in [3.63, 3.8) is 0 Å². The summed E-state index contributed by atoms with van der Waals surface area (Å²) in [4.78, 5) is 11.8. The van der Waals surface area contributed by atoms with E-state index in [4.69, 9.17) is 5.73 Å². The lowest BCUT2D eigenvalue weighted by Crippen LogP contribution is -2.40. The Morgan fingerprint density at radius 1 is 1.39 bits per heavy atom. The first kappa shape index (κ1) is 14.6. The van der Waals surface area contributed by atoms with Gasteiger partial charge in [0, 0.05) is 12.6 Å². The summed E-state index contributed by atoms with van der Waals surface area (Å²) in [5.41, 5.74) is 6.42. The van der Waals surface area contributed by atoms with Crippen molar-refractivity contribution in [2.24, 2.45) is 5.73 Å². The van der Waals surface area contributed by atoms with E-state index in [0.29, 0.717) is 6.54 Å². The van der Waals surface area contributed by atoms with Gasteiger partial charge in [-0.3, -0.25) is 4.79 Å². The van der Waals surface area contributed by atoms with Crippen molar-refractivity contribution in [3.05, 3.63) is 35.6 Å². The third kappa shape index (κ3) is 5.27. The molecule has 0 saturated carbocycles. The van der Waals surface area contributed by atoms with Crippen molar-refractivity contribution in [2.75, 3.05) is 6.54 Å². The van der Waals surface area contributed by atoms with E-state index in [0.717, 1.165) is 24.8 Å². The molecule has 18 heavy (non-hydrogen) atoms. The van der Waals surface area contributed by atoms with Gasteiger partial charge < -0.3 is 11.1 Å². The highest BCUT2D eigenvalue weighted by Crippen LogP contribution is 2.04. The molecule has 1 atom stereocenters. The summed E-state index contributed by atoms with van der Waals surface area (Å²) in [7, 11) is 0. The van der Waals surface area contributed by atoms with Gasteiger partial charge in [0.15, 0.2) is 0 Å². The highest BCUT2D eigenvalue weighted by molar-refractivity contribution is 5.78. The van der Waals surface area contributed by atoms with Crippen LogP contribution in [0.5, 0.6) is 0 Å². The van der Waals surface area contributed by atoms with Crippen LogP contribution in [0.4, 0.5) is 4.39 Å². The monoisotopic (exact) mass is 252 g/mol. The lowest BCUT2D eigenvalue weighted by molar-refractivity contribution is -0.121. The van der Waals surface area contributed by atoms with Crippen LogP contribution < -0.4 is 11.1 Å². The van der Waals surface area contributed by atoms with E-state index in [9.17, 15) is 9.18 Å². The van der Waals surface area contributed by atoms with Crippen molar-refractivity contribution < 1.29 is 9.18 Å². The maximum absolute atomic E-state index is 12.7. The van der Waals surface area contributed by atoms with Gasteiger partial charge in [-0.05, 0) is 24.1 Å². The van der Waals surface area contributed by atoms with E-state index in [2.05, 4.69) is 12.2 Å². The second-order valence-electron chi connectivity index (χ2n) is 4.45. The molecule has 0 fully saturated rings. The van der Waals surface area contributed by atoms with Crippen molar-refractivity contribution >= 4 is 5.91 Å². The minimum absolute atomic E-state index is 0.0397. The first-order valence-electron chi connectivity index (χ1n) is 6.39. The number of halogens is 1. The van der Waals surface area contributed by atoms with Gasteiger partial charge in [-0.1, -0.05) is 31.9 Å². The molecule has 3 N–H and O–H groups in total. The fourth-order valence-corrected chi connectivity index (χ4v) is 1.77. The zero-order chi connectivity index (χ0) is 13.4. The molecule has 100 valence electrons. The van der Waals surface area contributed by atoms with E-state index < -0.39 is 0 Å². The van der Waals surface area contributed by atoms with Gasteiger partial charge in [0.05, 0.1) is 6.42 Å². The zero-order valence-electron chi connectivity index (χ0n) is 10.8. The molecule has 0 saturated heterocycles. The summed E-state index contributed by atoms with van der Waals surface area (Å²) in [6, 6.07) is 6.01. The normalized spacial score (nSPS) is 12.2. The van der Waals surface area contributed by atoms with Crippen LogP contribution in [0.2, 0.25) is 0 Å². The molecule has 0 aliphatic rings. The third-order valence-corrected chi connectivity index (χ3v) is 2.83. The van der Waals surface area contributed by atoms with Crippen LogP contribution in [-0.2, 0) is 11.2 Å². The van der Waals surface area contributed by atoms with Crippen LogP contribution in [0.25, 0.3) is 0 Å². The maximum Gasteiger partial charge on any atom is 0.224 e. The Morgan fingerprint density at radius 2 is 2.06 bits per heavy atom. The highest BCUT2D eigenvalue weighted by atomic mass is 19.1. The van der Waals surface area contributed by atoms with Crippen LogP contribution in [0.3, 0.4) is 0 Å². The number of benzene rings is 1. The van der Waals surface area contributed by atoms with Crippen LogP contribution in [0.15, 0.2) is 24.3 Å². The van der Waals surface area contributed by atoms with Gasteiger partial charge in [-0.2, -0.15) is 0 Å². The number of hydrogen-bond donors (Lipinski definition) is 2. The number of carbonyl (C=O) groups excluding carboxylic acids is 1. The van der Waals surface area contributed by atoms with Gasteiger partial charge in [0.1, 0.15) is 5.82 Å². The lowest BCUT2D eigenvalue weighted by Gasteiger charge is -2.16. The van der Waals surface area contributed by atoms with E-state index >= 15 is 0 Å². The first-order valence-corrected chi connectivity index (χ1v) is 6.39. The molecule has 0 spiro atoms. The van der Waals surface area contributed by atoms with E-state index in [1.165, 1.54) is 12.1 Å². The Balaban J connectivity index is 2.42. The summed E-state index contributed by atoms with van der Waals surface area (Å²) >= 11 is 0. The van der Waals surface area contributed by atoms with Crippen LogP contribution in [0.1, 0.15) is 31.7 Å². The topological polar surface area (TPSA) is 55.1 Å². The number of hydrogen-bond acceptors (Lipinski definition) is 2. The third-order valence-electron chi connectivity index (χ3n) is 2.83. The Morgan fingerprint density at radius 3 is 2.61 bits per heavy atom.